The normalized spacial score (nSPS) is 9.81. The van der Waals surface area contributed by atoms with E-state index in [1.165, 1.54) is 0 Å². The van der Waals surface area contributed by atoms with Gasteiger partial charge in [-0.2, -0.15) is 0 Å². The number of amides is 1. The standard InChI is InChI=1S/C12H16N2OS/c1-2-7-14-12(15)10-5-3-9(4-6-10)8-11(13)16/h3-6H,2,7-8H2,1H3,(H2,13,16)(H,14,15). The van der Waals surface area contributed by atoms with Gasteiger partial charge < -0.3 is 11.1 Å². The number of nitrogens with two attached hydrogens (primary N) is 1. The molecule has 0 aliphatic heterocycles. The maximum absolute atomic E-state index is 11.6. The maximum Gasteiger partial charge on any atom is 0.251 e. The average molecular weight is 236 g/mol. The quantitative estimate of drug-likeness (QED) is 0.764. The molecule has 0 fully saturated rings. The number of carbonyl (C=O) groups excluding carboxylic acids is 1. The van der Waals surface area contributed by atoms with Crippen LogP contribution in [0.3, 0.4) is 0 Å². The predicted molar refractivity (Wildman–Crippen MR) is 69.6 cm³/mol. The largest absolute Gasteiger partial charge is 0.393 e. The van der Waals surface area contributed by atoms with E-state index >= 15 is 0 Å². The number of hydrogen-bond donors (Lipinski definition) is 2. The molecule has 0 spiro atoms. The molecule has 0 bridgehead atoms. The molecule has 86 valence electrons. The van der Waals surface area contributed by atoms with Gasteiger partial charge >= 0.3 is 0 Å². The third kappa shape index (κ3) is 3.98. The van der Waals surface area contributed by atoms with Crippen molar-refractivity contribution in [2.24, 2.45) is 5.73 Å². The van der Waals surface area contributed by atoms with Crippen molar-refractivity contribution < 1.29 is 4.79 Å². The Morgan fingerprint density at radius 1 is 1.38 bits per heavy atom. The van der Waals surface area contributed by atoms with Gasteiger partial charge in [0.15, 0.2) is 0 Å². The second kappa shape index (κ2) is 6.23. The minimum Gasteiger partial charge on any atom is -0.393 e. The number of rotatable bonds is 5. The average Bonchev–Trinajstić information content (AvgIpc) is 2.26. The SMILES string of the molecule is CCCNC(=O)c1ccc(CC(N)=S)cc1. The molecule has 3 nitrogen and oxygen atoms in total. The fourth-order valence-corrected chi connectivity index (χ4v) is 1.48. The van der Waals surface area contributed by atoms with E-state index in [4.69, 9.17) is 18.0 Å². The molecular formula is C12H16N2OS. The topological polar surface area (TPSA) is 55.1 Å². The Kier molecular flexibility index (Phi) is 4.92. The van der Waals surface area contributed by atoms with Gasteiger partial charge in [-0.1, -0.05) is 31.3 Å². The van der Waals surface area contributed by atoms with Gasteiger partial charge in [0, 0.05) is 18.5 Å². The summed E-state index contributed by atoms with van der Waals surface area (Å²) in [4.78, 5) is 12.0. The van der Waals surface area contributed by atoms with Crippen molar-refractivity contribution in [3.63, 3.8) is 0 Å². The fraction of sp³-hybridized carbons (Fsp3) is 0.333. The van der Waals surface area contributed by atoms with Crippen LogP contribution in [0.25, 0.3) is 0 Å². The molecule has 0 unspecified atom stereocenters. The Bertz CT molecular complexity index is 373. The first-order valence-electron chi connectivity index (χ1n) is 5.29. The van der Waals surface area contributed by atoms with Crippen LogP contribution in [0.5, 0.6) is 0 Å². The molecule has 1 amide bonds. The van der Waals surface area contributed by atoms with E-state index in [0.29, 0.717) is 23.5 Å². The van der Waals surface area contributed by atoms with Gasteiger partial charge in [0.25, 0.3) is 5.91 Å². The third-order valence-corrected chi connectivity index (χ3v) is 2.27. The minimum absolute atomic E-state index is 0.0382. The van der Waals surface area contributed by atoms with Crippen LogP contribution >= 0.6 is 12.2 Å². The van der Waals surface area contributed by atoms with Gasteiger partial charge in [0.1, 0.15) is 0 Å². The molecule has 0 aliphatic rings. The molecule has 1 aromatic rings. The molecule has 0 aliphatic carbocycles. The van der Waals surface area contributed by atoms with Crippen molar-refractivity contribution in [3.05, 3.63) is 35.4 Å². The summed E-state index contributed by atoms with van der Waals surface area (Å²) < 4.78 is 0. The molecule has 1 aromatic carbocycles. The highest BCUT2D eigenvalue weighted by Gasteiger charge is 2.04. The summed E-state index contributed by atoms with van der Waals surface area (Å²) in [5.74, 6) is -0.0382. The van der Waals surface area contributed by atoms with Crippen LogP contribution in [0.15, 0.2) is 24.3 Å². The number of benzene rings is 1. The first-order valence-corrected chi connectivity index (χ1v) is 5.69. The van der Waals surface area contributed by atoms with E-state index in [0.717, 1.165) is 12.0 Å². The molecule has 0 saturated heterocycles. The fourth-order valence-electron chi connectivity index (χ4n) is 1.32. The zero-order valence-electron chi connectivity index (χ0n) is 9.32. The monoisotopic (exact) mass is 236 g/mol. The highest BCUT2D eigenvalue weighted by Crippen LogP contribution is 2.05. The van der Waals surface area contributed by atoms with Gasteiger partial charge in [0.05, 0.1) is 4.99 Å². The first kappa shape index (κ1) is 12.6. The molecule has 0 radical (unpaired) electrons. The van der Waals surface area contributed by atoms with Gasteiger partial charge in [-0.15, -0.1) is 0 Å². The van der Waals surface area contributed by atoms with Crippen molar-refractivity contribution in [2.75, 3.05) is 6.54 Å². The lowest BCUT2D eigenvalue weighted by atomic mass is 10.1. The first-order chi connectivity index (χ1) is 7.63. The van der Waals surface area contributed by atoms with E-state index in [2.05, 4.69) is 5.32 Å². The van der Waals surface area contributed by atoms with Crippen molar-refractivity contribution >= 4 is 23.1 Å². The summed E-state index contributed by atoms with van der Waals surface area (Å²) in [6.07, 6.45) is 1.51. The Balaban J connectivity index is 2.63. The van der Waals surface area contributed by atoms with E-state index < -0.39 is 0 Å². The van der Waals surface area contributed by atoms with Crippen molar-refractivity contribution in [1.29, 1.82) is 0 Å². The van der Waals surface area contributed by atoms with E-state index in [1.54, 1.807) is 12.1 Å². The molecule has 16 heavy (non-hydrogen) atoms. The Hall–Kier alpha value is -1.42. The van der Waals surface area contributed by atoms with Gasteiger partial charge in [-0.25, -0.2) is 0 Å². The lowest BCUT2D eigenvalue weighted by Gasteiger charge is -2.04. The molecule has 4 heteroatoms. The Morgan fingerprint density at radius 3 is 2.50 bits per heavy atom. The lowest BCUT2D eigenvalue weighted by molar-refractivity contribution is 0.0953. The molecule has 0 aromatic heterocycles. The van der Waals surface area contributed by atoms with E-state index in [1.807, 2.05) is 19.1 Å². The number of thiocarbonyl (C=S) groups is 1. The van der Waals surface area contributed by atoms with Crippen LogP contribution in [0.1, 0.15) is 29.3 Å². The van der Waals surface area contributed by atoms with Crippen molar-refractivity contribution in [1.82, 2.24) is 5.32 Å². The molecule has 0 atom stereocenters. The highest BCUT2D eigenvalue weighted by atomic mass is 32.1. The smallest absolute Gasteiger partial charge is 0.251 e. The molecule has 0 heterocycles. The summed E-state index contributed by atoms with van der Waals surface area (Å²) in [7, 11) is 0. The third-order valence-electron chi connectivity index (χ3n) is 2.13. The second-order valence-electron chi connectivity index (χ2n) is 3.60. The summed E-state index contributed by atoms with van der Waals surface area (Å²) in [5.41, 5.74) is 7.13. The Labute approximate surface area is 101 Å². The molecule has 3 N–H and O–H groups in total. The van der Waals surface area contributed by atoms with Crippen LogP contribution in [0.2, 0.25) is 0 Å². The molecule has 1 rings (SSSR count). The van der Waals surface area contributed by atoms with Crippen molar-refractivity contribution in [2.45, 2.75) is 19.8 Å². The van der Waals surface area contributed by atoms with Crippen LogP contribution in [0, 0.1) is 0 Å². The number of hydrogen-bond acceptors (Lipinski definition) is 2. The van der Waals surface area contributed by atoms with E-state index in [-0.39, 0.29) is 5.91 Å². The summed E-state index contributed by atoms with van der Waals surface area (Å²) in [5, 5.41) is 2.82. The number of carbonyl (C=O) groups is 1. The van der Waals surface area contributed by atoms with Crippen LogP contribution < -0.4 is 11.1 Å². The highest BCUT2D eigenvalue weighted by molar-refractivity contribution is 7.80. The zero-order valence-corrected chi connectivity index (χ0v) is 10.1. The predicted octanol–water partition coefficient (Wildman–Crippen LogP) is 1.66. The minimum atomic E-state index is -0.0382. The van der Waals surface area contributed by atoms with Crippen LogP contribution in [-0.2, 0) is 6.42 Å². The molecular weight excluding hydrogens is 220 g/mol. The summed E-state index contributed by atoms with van der Waals surface area (Å²) in [6.45, 7) is 2.72. The second-order valence-corrected chi connectivity index (χ2v) is 4.12. The Morgan fingerprint density at radius 2 is 2.00 bits per heavy atom. The lowest BCUT2D eigenvalue weighted by Crippen LogP contribution is -2.23. The number of nitrogens with one attached hydrogen (secondary N) is 1. The summed E-state index contributed by atoms with van der Waals surface area (Å²) >= 11 is 4.82. The summed E-state index contributed by atoms with van der Waals surface area (Å²) in [6, 6.07) is 7.33. The van der Waals surface area contributed by atoms with Crippen LogP contribution in [0.4, 0.5) is 0 Å². The van der Waals surface area contributed by atoms with Crippen molar-refractivity contribution in [3.8, 4) is 0 Å². The van der Waals surface area contributed by atoms with Gasteiger partial charge in [0.2, 0.25) is 0 Å². The maximum atomic E-state index is 11.6. The molecule has 0 saturated carbocycles. The van der Waals surface area contributed by atoms with E-state index in [9.17, 15) is 4.79 Å². The van der Waals surface area contributed by atoms with Crippen LogP contribution in [-0.4, -0.2) is 17.4 Å². The van der Waals surface area contributed by atoms with Gasteiger partial charge in [-0.3, -0.25) is 4.79 Å². The van der Waals surface area contributed by atoms with Gasteiger partial charge in [-0.05, 0) is 24.1 Å². The zero-order chi connectivity index (χ0) is 12.0.